The molecule has 1 fully saturated rings. The lowest BCUT2D eigenvalue weighted by molar-refractivity contribution is -0.0589. The number of carboxylic acids is 1. The Morgan fingerprint density at radius 3 is 2.53 bits per heavy atom. The highest BCUT2D eigenvalue weighted by Crippen LogP contribution is 2.29. The topological polar surface area (TPSA) is 99.4 Å². The van der Waals surface area contributed by atoms with E-state index in [2.05, 4.69) is 15.0 Å². The fourth-order valence-electron chi connectivity index (χ4n) is 4.89. The summed E-state index contributed by atoms with van der Waals surface area (Å²) in [6.07, 6.45) is 1.55. The minimum absolute atomic E-state index is 0.00230. The van der Waals surface area contributed by atoms with Gasteiger partial charge in [0.15, 0.2) is 11.6 Å². The molecule has 5 aromatic rings. The molecule has 0 bridgehead atoms. The number of carbonyl (C=O) groups is 1. The second kappa shape index (κ2) is 11.4. The molecule has 0 radical (unpaired) electrons. The van der Waals surface area contributed by atoms with E-state index in [4.69, 9.17) is 9.47 Å². The Hall–Kier alpha value is -4.84. The summed E-state index contributed by atoms with van der Waals surface area (Å²) in [5.74, 6) is -3.81. The van der Waals surface area contributed by atoms with E-state index in [0.29, 0.717) is 30.1 Å². The fourth-order valence-corrected chi connectivity index (χ4v) is 4.89. The molecule has 3 heterocycles. The molecule has 6 rings (SSSR count). The van der Waals surface area contributed by atoms with E-state index < -0.39 is 29.2 Å². The minimum atomic E-state index is -1.28. The normalized spacial score (nSPS) is 14.6. The number of nitrogens with zero attached hydrogens (tertiary/aromatic N) is 4. The largest absolute Gasteiger partial charge is 0.478 e. The SMILES string of the molecule is Cc1ccc(COc2ncc(F)c(-c3ccc(Cc4nc5c(F)cc(C(=O)O)cc5n4C[C@@H]4CCO4)cc3F)n2)c(F)c1. The summed E-state index contributed by atoms with van der Waals surface area (Å²) in [6.45, 7) is 2.44. The van der Waals surface area contributed by atoms with Crippen LogP contribution in [-0.4, -0.2) is 43.3 Å². The summed E-state index contributed by atoms with van der Waals surface area (Å²) in [5.41, 5.74) is 1.03. The molecule has 0 spiro atoms. The molecule has 0 aliphatic carbocycles. The van der Waals surface area contributed by atoms with Crippen molar-refractivity contribution in [2.45, 2.75) is 39.0 Å². The van der Waals surface area contributed by atoms with Crippen molar-refractivity contribution in [1.82, 2.24) is 19.5 Å². The van der Waals surface area contributed by atoms with Gasteiger partial charge in [0.05, 0.1) is 29.9 Å². The predicted molar refractivity (Wildman–Crippen MR) is 147 cm³/mol. The van der Waals surface area contributed by atoms with Crippen LogP contribution in [-0.2, 0) is 24.3 Å². The molecule has 1 N–H and O–H groups in total. The van der Waals surface area contributed by atoms with Crippen molar-refractivity contribution in [3.8, 4) is 17.3 Å². The van der Waals surface area contributed by atoms with Crippen molar-refractivity contribution in [1.29, 1.82) is 0 Å². The van der Waals surface area contributed by atoms with Gasteiger partial charge in [0.1, 0.15) is 35.3 Å². The monoisotopic (exact) mass is 592 g/mol. The molecular formula is C31H24F4N4O4. The quantitative estimate of drug-likeness (QED) is 0.209. The van der Waals surface area contributed by atoms with Gasteiger partial charge in [-0.05, 0) is 54.8 Å². The molecule has 0 saturated carbocycles. The number of fused-ring (bicyclic) bond motifs is 1. The Balaban J connectivity index is 1.28. The maximum Gasteiger partial charge on any atom is 0.335 e. The number of aryl methyl sites for hydroxylation is 1. The lowest BCUT2D eigenvalue weighted by Crippen LogP contribution is -2.31. The number of aromatic carboxylic acids is 1. The minimum Gasteiger partial charge on any atom is -0.478 e. The number of hydrogen-bond acceptors (Lipinski definition) is 6. The summed E-state index contributed by atoms with van der Waals surface area (Å²) >= 11 is 0. The van der Waals surface area contributed by atoms with Crippen LogP contribution in [0.5, 0.6) is 6.01 Å². The van der Waals surface area contributed by atoms with Crippen LogP contribution in [0, 0.1) is 30.2 Å². The maximum absolute atomic E-state index is 15.4. The van der Waals surface area contributed by atoms with Gasteiger partial charge in [-0.2, -0.15) is 4.98 Å². The van der Waals surface area contributed by atoms with Gasteiger partial charge in [-0.25, -0.2) is 32.3 Å². The molecule has 220 valence electrons. The summed E-state index contributed by atoms with van der Waals surface area (Å²) in [7, 11) is 0. The molecule has 0 amide bonds. The second-order valence-corrected chi connectivity index (χ2v) is 10.3. The third-order valence-corrected chi connectivity index (χ3v) is 7.25. The van der Waals surface area contributed by atoms with Gasteiger partial charge in [0.2, 0.25) is 0 Å². The number of aromatic nitrogens is 4. The van der Waals surface area contributed by atoms with Gasteiger partial charge in [-0.1, -0.05) is 18.2 Å². The lowest BCUT2D eigenvalue weighted by Gasteiger charge is -2.27. The second-order valence-electron chi connectivity index (χ2n) is 10.3. The Morgan fingerprint density at radius 1 is 1.02 bits per heavy atom. The molecule has 1 aliphatic heterocycles. The molecule has 1 aliphatic rings. The number of hydrogen-bond donors (Lipinski definition) is 1. The van der Waals surface area contributed by atoms with Gasteiger partial charge in [0.25, 0.3) is 0 Å². The summed E-state index contributed by atoms with van der Waals surface area (Å²) in [6, 6.07) is 10.7. The van der Waals surface area contributed by atoms with Crippen LogP contribution in [0.3, 0.4) is 0 Å². The molecule has 0 unspecified atom stereocenters. The van der Waals surface area contributed by atoms with E-state index in [0.717, 1.165) is 24.2 Å². The third-order valence-electron chi connectivity index (χ3n) is 7.25. The Bertz CT molecular complexity index is 1870. The third kappa shape index (κ3) is 5.78. The Labute approximate surface area is 242 Å². The van der Waals surface area contributed by atoms with E-state index in [1.165, 1.54) is 24.3 Å². The molecule has 3 aromatic carbocycles. The highest BCUT2D eigenvalue weighted by molar-refractivity contribution is 5.92. The molecule has 8 nitrogen and oxygen atoms in total. The van der Waals surface area contributed by atoms with Crippen LogP contribution < -0.4 is 4.74 Å². The van der Waals surface area contributed by atoms with Crippen LogP contribution >= 0.6 is 0 Å². The lowest BCUT2D eigenvalue weighted by atomic mass is 10.1. The van der Waals surface area contributed by atoms with Crippen LogP contribution in [0.4, 0.5) is 17.6 Å². The van der Waals surface area contributed by atoms with Crippen LogP contribution in [0.25, 0.3) is 22.3 Å². The van der Waals surface area contributed by atoms with Crippen molar-refractivity contribution < 1.29 is 36.9 Å². The van der Waals surface area contributed by atoms with Crippen molar-refractivity contribution in [2.24, 2.45) is 0 Å². The van der Waals surface area contributed by atoms with E-state index >= 15 is 4.39 Å². The zero-order chi connectivity index (χ0) is 30.2. The van der Waals surface area contributed by atoms with Crippen molar-refractivity contribution >= 4 is 17.0 Å². The van der Waals surface area contributed by atoms with E-state index in [1.54, 1.807) is 29.7 Å². The van der Waals surface area contributed by atoms with Gasteiger partial charge in [-0.3, -0.25) is 0 Å². The predicted octanol–water partition coefficient (Wildman–Crippen LogP) is 6.02. The highest BCUT2D eigenvalue weighted by Gasteiger charge is 2.24. The zero-order valence-electron chi connectivity index (χ0n) is 22.8. The average Bonchev–Trinajstić information content (AvgIpc) is 3.28. The smallest absolute Gasteiger partial charge is 0.335 e. The first-order chi connectivity index (χ1) is 20.7. The first-order valence-corrected chi connectivity index (χ1v) is 13.4. The Morgan fingerprint density at radius 2 is 1.84 bits per heavy atom. The molecule has 1 saturated heterocycles. The summed E-state index contributed by atoms with van der Waals surface area (Å²) in [4.78, 5) is 23.7. The number of halogens is 4. The van der Waals surface area contributed by atoms with Crippen molar-refractivity contribution in [2.75, 3.05) is 6.61 Å². The summed E-state index contributed by atoms with van der Waals surface area (Å²) in [5, 5.41) is 9.41. The fraction of sp³-hybridized carbons (Fsp3) is 0.226. The number of ether oxygens (including phenoxy) is 2. The molecular weight excluding hydrogens is 568 g/mol. The molecule has 43 heavy (non-hydrogen) atoms. The van der Waals surface area contributed by atoms with Gasteiger partial charge < -0.3 is 19.1 Å². The highest BCUT2D eigenvalue weighted by atomic mass is 19.1. The number of rotatable bonds is 9. The van der Waals surface area contributed by atoms with Crippen LogP contribution in [0.15, 0.2) is 54.7 Å². The molecule has 2 aromatic heterocycles. The maximum atomic E-state index is 15.4. The van der Waals surface area contributed by atoms with Gasteiger partial charge in [0, 0.05) is 24.2 Å². The van der Waals surface area contributed by atoms with Crippen molar-refractivity contribution in [3.05, 3.63) is 106 Å². The van der Waals surface area contributed by atoms with Crippen LogP contribution in [0.1, 0.15) is 39.3 Å². The number of imidazole rings is 1. The average molecular weight is 593 g/mol. The van der Waals surface area contributed by atoms with E-state index in [1.807, 2.05) is 0 Å². The number of benzene rings is 3. The molecule has 12 heteroatoms. The van der Waals surface area contributed by atoms with Crippen molar-refractivity contribution in [3.63, 3.8) is 0 Å². The molecule has 1 atom stereocenters. The van der Waals surface area contributed by atoms with Crippen LogP contribution in [0.2, 0.25) is 0 Å². The van der Waals surface area contributed by atoms with Gasteiger partial charge in [-0.15, -0.1) is 0 Å². The van der Waals surface area contributed by atoms with E-state index in [-0.39, 0.29) is 53.0 Å². The van der Waals surface area contributed by atoms with Gasteiger partial charge >= 0.3 is 12.0 Å². The number of carboxylic acid groups (broad SMARTS) is 1. The standard InChI is InChI=1S/C31H24F4N4O4/c1-16-2-4-18(22(32)8-16)15-43-31-36-13-25(35)28(38-31)21-5-3-17(9-23(21)33)10-27-37-29-24(34)11-19(30(40)41)12-26(29)39(27)14-20-6-7-42-20/h2-5,8-9,11-13,20H,6-7,10,14-15H2,1H3,(H,40,41)/t20-/m0/s1. The summed E-state index contributed by atoms with van der Waals surface area (Å²) < 4.78 is 71.7. The zero-order valence-corrected chi connectivity index (χ0v) is 22.8. The Kier molecular flexibility index (Phi) is 7.53. The first kappa shape index (κ1) is 28.3. The van der Waals surface area contributed by atoms with E-state index in [9.17, 15) is 23.1 Å². The first-order valence-electron chi connectivity index (χ1n) is 13.4.